The van der Waals surface area contributed by atoms with Crippen molar-refractivity contribution >= 4 is 23.2 Å². The number of carbonyl (C=O) groups is 2. The number of imidazole rings is 1. The van der Waals surface area contributed by atoms with Gasteiger partial charge in [0.15, 0.2) is 0 Å². The third-order valence-electron chi connectivity index (χ3n) is 5.02. The van der Waals surface area contributed by atoms with Crippen molar-refractivity contribution in [3.63, 3.8) is 0 Å². The number of benzene rings is 1. The molecule has 1 aliphatic rings. The molecule has 138 valence electrons. The lowest BCUT2D eigenvalue weighted by atomic mass is 9.88. The molecule has 0 bridgehead atoms. The zero-order chi connectivity index (χ0) is 18.5. The van der Waals surface area contributed by atoms with Gasteiger partial charge in [0.1, 0.15) is 6.04 Å². The SMILES string of the molecule is Cc1ccc(NC(=O)C2CCCCC2)c(NC(=O)[C@@H](C)n2ccnc2)c1. The number of nitrogens with one attached hydrogen (secondary N) is 2. The number of aryl methyl sites for hydroxylation is 1. The van der Waals surface area contributed by atoms with Crippen LogP contribution in [0.2, 0.25) is 0 Å². The minimum atomic E-state index is -0.389. The first-order valence-electron chi connectivity index (χ1n) is 9.24. The maximum Gasteiger partial charge on any atom is 0.247 e. The summed E-state index contributed by atoms with van der Waals surface area (Å²) in [4.78, 5) is 29.1. The van der Waals surface area contributed by atoms with Crippen molar-refractivity contribution in [2.75, 3.05) is 10.6 Å². The van der Waals surface area contributed by atoms with Crippen molar-refractivity contribution in [1.29, 1.82) is 0 Å². The topological polar surface area (TPSA) is 76.0 Å². The summed E-state index contributed by atoms with van der Waals surface area (Å²) in [5.74, 6) is -0.0352. The van der Waals surface area contributed by atoms with Crippen molar-refractivity contribution in [3.8, 4) is 0 Å². The fourth-order valence-corrected chi connectivity index (χ4v) is 3.34. The van der Waals surface area contributed by atoms with E-state index in [1.165, 1.54) is 6.42 Å². The molecule has 1 aromatic carbocycles. The van der Waals surface area contributed by atoms with E-state index in [9.17, 15) is 9.59 Å². The Hall–Kier alpha value is -2.63. The summed E-state index contributed by atoms with van der Waals surface area (Å²) in [6.07, 6.45) is 10.3. The van der Waals surface area contributed by atoms with Crippen LogP contribution >= 0.6 is 0 Å². The van der Waals surface area contributed by atoms with Gasteiger partial charge < -0.3 is 15.2 Å². The van der Waals surface area contributed by atoms with Gasteiger partial charge in [-0.2, -0.15) is 0 Å². The molecule has 0 aliphatic heterocycles. The third kappa shape index (κ3) is 4.31. The van der Waals surface area contributed by atoms with Crippen LogP contribution in [0.25, 0.3) is 0 Å². The van der Waals surface area contributed by atoms with E-state index in [4.69, 9.17) is 0 Å². The molecule has 1 saturated carbocycles. The van der Waals surface area contributed by atoms with E-state index in [1.807, 2.05) is 32.0 Å². The Labute approximate surface area is 154 Å². The number of carbonyl (C=O) groups excluding carboxylic acids is 2. The zero-order valence-electron chi connectivity index (χ0n) is 15.4. The normalized spacial score (nSPS) is 16.1. The molecule has 1 heterocycles. The number of hydrogen-bond acceptors (Lipinski definition) is 3. The number of hydrogen-bond donors (Lipinski definition) is 2. The van der Waals surface area contributed by atoms with Crippen LogP contribution in [0.5, 0.6) is 0 Å². The van der Waals surface area contributed by atoms with E-state index >= 15 is 0 Å². The Bertz CT molecular complexity index is 764. The number of amides is 2. The zero-order valence-corrected chi connectivity index (χ0v) is 15.4. The molecule has 0 saturated heterocycles. The van der Waals surface area contributed by atoms with Crippen molar-refractivity contribution in [2.24, 2.45) is 5.92 Å². The van der Waals surface area contributed by atoms with Crippen molar-refractivity contribution in [1.82, 2.24) is 9.55 Å². The van der Waals surface area contributed by atoms with Gasteiger partial charge in [0.25, 0.3) is 0 Å². The van der Waals surface area contributed by atoms with Gasteiger partial charge in [-0.3, -0.25) is 9.59 Å². The average Bonchev–Trinajstić information content (AvgIpc) is 3.18. The largest absolute Gasteiger partial charge is 0.325 e. The molecule has 6 heteroatoms. The van der Waals surface area contributed by atoms with Gasteiger partial charge in [0.2, 0.25) is 11.8 Å². The highest BCUT2D eigenvalue weighted by Crippen LogP contribution is 2.28. The lowest BCUT2D eigenvalue weighted by molar-refractivity contribution is -0.121. The highest BCUT2D eigenvalue weighted by Gasteiger charge is 2.22. The second-order valence-corrected chi connectivity index (χ2v) is 7.05. The Morgan fingerprint density at radius 2 is 1.92 bits per heavy atom. The monoisotopic (exact) mass is 354 g/mol. The van der Waals surface area contributed by atoms with E-state index < -0.39 is 0 Å². The van der Waals surface area contributed by atoms with Crippen LogP contribution in [0.1, 0.15) is 50.6 Å². The van der Waals surface area contributed by atoms with Gasteiger partial charge in [0.05, 0.1) is 17.7 Å². The van der Waals surface area contributed by atoms with E-state index in [0.717, 1.165) is 31.2 Å². The molecule has 1 atom stereocenters. The number of rotatable bonds is 5. The first kappa shape index (κ1) is 18.2. The molecule has 26 heavy (non-hydrogen) atoms. The van der Waals surface area contributed by atoms with Gasteiger partial charge in [-0.1, -0.05) is 25.3 Å². The Kier molecular flexibility index (Phi) is 5.71. The molecule has 6 nitrogen and oxygen atoms in total. The summed E-state index contributed by atoms with van der Waals surface area (Å²) in [6, 6.07) is 5.29. The molecule has 3 rings (SSSR count). The fraction of sp³-hybridized carbons (Fsp3) is 0.450. The van der Waals surface area contributed by atoms with E-state index in [1.54, 1.807) is 23.3 Å². The minimum absolute atomic E-state index is 0.0479. The smallest absolute Gasteiger partial charge is 0.247 e. The van der Waals surface area contributed by atoms with Crippen LogP contribution < -0.4 is 10.6 Å². The van der Waals surface area contributed by atoms with Crippen LogP contribution in [0, 0.1) is 12.8 Å². The summed E-state index contributed by atoms with van der Waals surface area (Å²) < 4.78 is 1.74. The predicted octanol–water partition coefficient (Wildman–Crippen LogP) is 3.91. The molecule has 2 aromatic rings. The summed E-state index contributed by atoms with van der Waals surface area (Å²) in [7, 11) is 0. The van der Waals surface area contributed by atoms with Crippen molar-refractivity contribution in [3.05, 3.63) is 42.5 Å². The van der Waals surface area contributed by atoms with E-state index in [2.05, 4.69) is 15.6 Å². The Balaban J connectivity index is 1.73. The molecule has 1 aliphatic carbocycles. The number of aromatic nitrogens is 2. The summed E-state index contributed by atoms with van der Waals surface area (Å²) >= 11 is 0. The average molecular weight is 354 g/mol. The lowest BCUT2D eigenvalue weighted by Crippen LogP contribution is -2.27. The Morgan fingerprint density at radius 3 is 2.62 bits per heavy atom. The second kappa shape index (κ2) is 8.17. The highest BCUT2D eigenvalue weighted by molar-refractivity contribution is 6.01. The molecule has 1 fully saturated rings. The third-order valence-corrected chi connectivity index (χ3v) is 5.02. The molecule has 0 unspecified atom stereocenters. The second-order valence-electron chi connectivity index (χ2n) is 7.05. The van der Waals surface area contributed by atoms with Gasteiger partial charge in [-0.25, -0.2) is 4.98 Å². The Morgan fingerprint density at radius 1 is 1.15 bits per heavy atom. The van der Waals surface area contributed by atoms with Crippen molar-refractivity contribution in [2.45, 2.75) is 52.0 Å². The van der Waals surface area contributed by atoms with Crippen LogP contribution in [0.4, 0.5) is 11.4 Å². The predicted molar refractivity (Wildman–Crippen MR) is 102 cm³/mol. The first-order chi connectivity index (χ1) is 12.5. The van der Waals surface area contributed by atoms with E-state index in [-0.39, 0.29) is 23.8 Å². The summed E-state index contributed by atoms with van der Waals surface area (Å²) in [5.41, 5.74) is 2.30. The van der Waals surface area contributed by atoms with Crippen LogP contribution in [-0.4, -0.2) is 21.4 Å². The standard InChI is InChI=1S/C20H26N4O2/c1-14-8-9-17(22-20(26)16-6-4-3-5-7-16)18(12-14)23-19(25)15(2)24-11-10-21-13-24/h8-13,15-16H,3-7H2,1-2H3,(H,22,26)(H,23,25)/t15-/m1/s1. The quantitative estimate of drug-likeness (QED) is 0.855. The van der Waals surface area contributed by atoms with Gasteiger partial charge in [-0.15, -0.1) is 0 Å². The van der Waals surface area contributed by atoms with Crippen LogP contribution in [0.3, 0.4) is 0 Å². The minimum Gasteiger partial charge on any atom is -0.325 e. The fourth-order valence-electron chi connectivity index (χ4n) is 3.34. The van der Waals surface area contributed by atoms with Crippen molar-refractivity contribution < 1.29 is 9.59 Å². The molecular weight excluding hydrogens is 328 g/mol. The molecule has 2 N–H and O–H groups in total. The molecule has 0 spiro atoms. The maximum absolute atomic E-state index is 12.6. The summed E-state index contributed by atoms with van der Waals surface area (Å²) in [5, 5.41) is 5.96. The van der Waals surface area contributed by atoms with Crippen LogP contribution in [0.15, 0.2) is 36.9 Å². The first-order valence-corrected chi connectivity index (χ1v) is 9.24. The van der Waals surface area contributed by atoms with E-state index in [0.29, 0.717) is 11.4 Å². The van der Waals surface area contributed by atoms with Gasteiger partial charge in [-0.05, 0) is 44.4 Å². The number of nitrogens with zero attached hydrogens (tertiary/aromatic N) is 2. The summed E-state index contributed by atoms with van der Waals surface area (Å²) in [6.45, 7) is 3.77. The molecule has 2 amide bonds. The lowest BCUT2D eigenvalue weighted by Gasteiger charge is -2.22. The highest BCUT2D eigenvalue weighted by atomic mass is 16.2. The van der Waals surface area contributed by atoms with Crippen LogP contribution in [-0.2, 0) is 9.59 Å². The number of anilines is 2. The maximum atomic E-state index is 12.6. The molecule has 0 radical (unpaired) electrons. The van der Waals surface area contributed by atoms with Gasteiger partial charge >= 0.3 is 0 Å². The molecular formula is C20H26N4O2. The molecule has 1 aromatic heterocycles. The van der Waals surface area contributed by atoms with Gasteiger partial charge in [0, 0.05) is 18.3 Å².